The van der Waals surface area contributed by atoms with Crippen molar-refractivity contribution in [3.63, 3.8) is 0 Å². The molecular formula is C57H35NO2. The highest BCUT2D eigenvalue weighted by Crippen LogP contribution is 2.62. The van der Waals surface area contributed by atoms with E-state index in [0.717, 1.165) is 78.0 Å². The van der Waals surface area contributed by atoms with Gasteiger partial charge in [0.15, 0.2) is 0 Å². The maximum absolute atomic E-state index is 6.86. The molecule has 3 nitrogen and oxygen atoms in total. The van der Waals surface area contributed by atoms with Crippen molar-refractivity contribution in [3.8, 4) is 33.8 Å². The summed E-state index contributed by atoms with van der Waals surface area (Å²) in [7, 11) is 0. The summed E-state index contributed by atoms with van der Waals surface area (Å²) in [5, 5.41) is 6.79. The largest absolute Gasteiger partial charge is 0.457 e. The van der Waals surface area contributed by atoms with E-state index in [1.165, 1.54) is 38.6 Å². The lowest BCUT2D eigenvalue weighted by Crippen LogP contribution is -2.32. The smallest absolute Gasteiger partial charge is 0.143 e. The number of rotatable bonds is 4. The minimum Gasteiger partial charge on any atom is -0.457 e. The summed E-state index contributed by atoms with van der Waals surface area (Å²) in [4.78, 5) is 2.42. The number of furan rings is 1. The van der Waals surface area contributed by atoms with Crippen LogP contribution in [0.25, 0.3) is 65.7 Å². The fourth-order valence-corrected chi connectivity index (χ4v) is 10.4. The highest BCUT2D eigenvalue weighted by atomic mass is 16.5. The predicted octanol–water partition coefficient (Wildman–Crippen LogP) is 15.5. The fraction of sp³-hybridized carbons (Fsp3) is 0.0175. The Hall–Kier alpha value is -7.88. The molecule has 13 rings (SSSR count). The fourth-order valence-electron chi connectivity index (χ4n) is 10.4. The Kier molecular flexibility index (Phi) is 6.93. The maximum Gasteiger partial charge on any atom is 0.143 e. The van der Waals surface area contributed by atoms with Gasteiger partial charge >= 0.3 is 0 Å². The van der Waals surface area contributed by atoms with Crippen LogP contribution in [0.3, 0.4) is 0 Å². The molecule has 0 N–H and O–H groups in total. The Morgan fingerprint density at radius 1 is 0.367 bits per heavy atom. The summed E-state index contributed by atoms with van der Waals surface area (Å²) < 4.78 is 13.4. The minimum absolute atomic E-state index is 0.483. The quantitative estimate of drug-likeness (QED) is 0.178. The van der Waals surface area contributed by atoms with Crippen molar-refractivity contribution < 1.29 is 9.15 Å². The van der Waals surface area contributed by atoms with E-state index in [9.17, 15) is 0 Å². The normalized spacial score (nSPS) is 13.3. The monoisotopic (exact) mass is 765 g/mol. The van der Waals surface area contributed by atoms with Crippen molar-refractivity contribution in [1.29, 1.82) is 0 Å². The Labute approximate surface area is 347 Å². The maximum atomic E-state index is 6.86. The summed E-state index contributed by atoms with van der Waals surface area (Å²) in [5.74, 6) is 1.77. The number of ether oxygens (including phenoxy) is 1. The minimum atomic E-state index is -0.483. The Morgan fingerprint density at radius 3 is 1.77 bits per heavy atom. The van der Waals surface area contributed by atoms with E-state index < -0.39 is 5.41 Å². The van der Waals surface area contributed by atoms with E-state index in [2.05, 4.69) is 211 Å². The van der Waals surface area contributed by atoms with Gasteiger partial charge in [-0.05, 0) is 81.2 Å². The molecule has 3 heteroatoms. The molecule has 0 radical (unpaired) electrons. The number of hydrogen-bond acceptors (Lipinski definition) is 3. The highest BCUT2D eigenvalue weighted by molar-refractivity contribution is 6.20. The molecule has 0 saturated carbocycles. The summed E-state index contributed by atoms with van der Waals surface area (Å²) in [6.45, 7) is 0. The average molecular weight is 766 g/mol. The number of hydrogen-bond donors (Lipinski definition) is 0. The molecule has 2 heterocycles. The number of anilines is 3. The molecule has 0 unspecified atom stereocenters. The van der Waals surface area contributed by atoms with Gasteiger partial charge in [-0.25, -0.2) is 0 Å². The van der Waals surface area contributed by atoms with Crippen LogP contribution in [0, 0.1) is 0 Å². The SMILES string of the molecule is c1ccc2c(c1)Oc1cc(-c3ccc(N(c4cccc5ccccc45)c4cc5c6ccccc6oc5c5ccccc45)cc3)ccc1C21c2ccccc2-c2ccccc21. The third-order valence-electron chi connectivity index (χ3n) is 12.9. The van der Waals surface area contributed by atoms with E-state index >= 15 is 0 Å². The molecule has 1 aromatic heterocycles. The van der Waals surface area contributed by atoms with Crippen molar-refractivity contribution in [1.82, 2.24) is 0 Å². The van der Waals surface area contributed by atoms with Gasteiger partial charge in [0.2, 0.25) is 0 Å². The van der Waals surface area contributed by atoms with E-state index in [-0.39, 0.29) is 0 Å². The van der Waals surface area contributed by atoms with Crippen LogP contribution in [0.5, 0.6) is 11.5 Å². The topological polar surface area (TPSA) is 25.6 Å². The van der Waals surface area contributed by atoms with E-state index in [1.807, 2.05) is 6.07 Å². The van der Waals surface area contributed by atoms with Crippen LogP contribution in [0.15, 0.2) is 217 Å². The first-order valence-corrected chi connectivity index (χ1v) is 20.6. The highest BCUT2D eigenvalue weighted by Gasteiger charge is 2.50. The molecule has 0 atom stereocenters. The summed E-state index contributed by atoms with van der Waals surface area (Å²) >= 11 is 0. The van der Waals surface area contributed by atoms with Crippen LogP contribution in [0.4, 0.5) is 17.1 Å². The second-order valence-electron chi connectivity index (χ2n) is 15.9. The van der Waals surface area contributed by atoms with Crippen LogP contribution in [0.1, 0.15) is 22.3 Å². The Balaban J connectivity index is 0.987. The number of para-hydroxylation sites is 2. The van der Waals surface area contributed by atoms with Crippen LogP contribution in [0.2, 0.25) is 0 Å². The Bertz CT molecular complexity index is 3490. The predicted molar refractivity (Wildman–Crippen MR) is 246 cm³/mol. The number of nitrogens with zero attached hydrogens (tertiary/aromatic N) is 1. The van der Waals surface area contributed by atoms with Gasteiger partial charge in [-0.1, -0.05) is 170 Å². The molecule has 0 amide bonds. The van der Waals surface area contributed by atoms with Crippen LogP contribution in [-0.2, 0) is 5.41 Å². The second-order valence-corrected chi connectivity index (χ2v) is 15.9. The standard InChI is InChI=1S/C57H35NO2/c1-2-16-40-37(14-1)15-13-25-51(40)58(52-35-46-44-20-7-11-26-53(44)60-56(46)45-21-4-3-19-43(45)52)39-31-28-36(29-32-39)38-30-33-50-55(34-38)59-54-27-12-10-24-49(54)57(50)47-22-8-5-17-41(47)42-18-6-9-23-48(42)57/h1-35H. The van der Waals surface area contributed by atoms with Crippen molar-refractivity contribution in [2.24, 2.45) is 0 Å². The van der Waals surface area contributed by atoms with Gasteiger partial charge in [0.25, 0.3) is 0 Å². The zero-order valence-corrected chi connectivity index (χ0v) is 32.5. The van der Waals surface area contributed by atoms with Crippen LogP contribution in [-0.4, -0.2) is 0 Å². The van der Waals surface area contributed by atoms with Crippen molar-refractivity contribution in [2.75, 3.05) is 4.90 Å². The van der Waals surface area contributed by atoms with Gasteiger partial charge in [-0.15, -0.1) is 0 Å². The third-order valence-corrected chi connectivity index (χ3v) is 12.9. The summed E-state index contributed by atoms with van der Waals surface area (Å²) in [5.41, 5.74) is 14.3. The molecule has 2 aliphatic rings. The van der Waals surface area contributed by atoms with Gasteiger partial charge in [0, 0.05) is 43.7 Å². The van der Waals surface area contributed by atoms with E-state index in [1.54, 1.807) is 0 Å². The van der Waals surface area contributed by atoms with Crippen LogP contribution >= 0.6 is 0 Å². The molecule has 1 aliphatic heterocycles. The van der Waals surface area contributed by atoms with Gasteiger partial charge in [-0.2, -0.15) is 0 Å². The third kappa shape index (κ3) is 4.54. The molecule has 1 spiro atoms. The van der Waals surface area contributed by atoms with Gasteiger partial charge in [0.05, 0.1) is 16.8 Å². The van der Waals surface area contributed by atoms with E-state index in [4.69, 9.17) is 9.15 Å². The molecule has 1 aliphatic carbocycles. The van der Waals surface area contributed by atoms with E-state index in [0.29, 0.717) is 0 Å². The van der Waals surface area contributed by atoms with Gasteiger partial charge in [0.1, 0.15) is 22.7 Å². The zero-order valence-electron chi connectivity index (χ0n) is 32.5. The molecule has 0 bridgehead atoms. The molecule has 10 aromatic carbocycles. The molecule has 0 fully saturated rings. The Morgan fingerprint density at radius 2 is 0.967 bits per heavy atom. The van der Waals surface area contributed by atoms with Crippen molar-refractivity contribution in [2.45, 2.75) is 5.41 Å². The second kappa shape index (κ2) is 12.6. The average Bonchev–Trinajstić information content (AvgIpc) is 3.84. The first-order valence-electron chi connectivity index (χ1n) is 20.6. The zero-order chi connectivity index (χ0) is 39.4. The lowest BCUT2D eigenvalue weighted by Gasteiger charge is -2.39. The number of fused-ring (bicyclic) bond motifs is 15. The lowest BCUT2D eigenvalue weighted by molar-refractivity contribution is 0.436. The first kappa shape index (κ1) is 33.1. The molecule has 0 saturated heterocycles. The van der Waals surface area contributed by atoms with Crippen LogP contribution < -0.4 is 9.64 Å². The molecule has 11 aromatic rings. The molecular weight excluding hydrogens is 731 g/mol. The van der Waals surface area contributed by atoms with Gasteiger partial charge in [-0.3, -0.25) is 0 Å². The number of benzene rings is 10. The van der Waals surface area contributed by atoms with Crippen molar-refractivity contribution >= 4 is 60.5 Å². The lowest BCUT2D eigenvalue weighted by atomic mass is 9.66. The summed E-state index contributed by atoms with van der Waals surface area (Å²) in [6.07, 6.45) is 0. The van der Waals surface area contributed by atoms with Gasteiger partial charge < -0.3 is 14.1 Å². The molecule has 60 heavy (non-hydrogen) atoms. The summed E-state index contributed by atoms with van der Waals surface area (Å²) in [6, 6.07) is 76.6. The first-order chi connectivity index (χ1) is 29.8. The molecule has 280 valence electrons. The van der Waals surface area contributed by atoms with Crippen molar-refractivity contribution in [3.05, 3.63) is 235 Å².